The second-order valence-corrected chi connectivity index (χ2v) is 19.2. The number of fused-ring (bicyclic) bond motifs is 1. The summed E-state index contributed by atoms with van der Waals surface area (Å²) in [7, 11) is -14.4. The third kappa shape index (κ3) is 13.8. The van der Waals surface area contributed by atoms with Crippen LogP contribution in [0.4, 0.5) is 5.82 Å². The molecule has 0 aliphatic carbocycles. The fraction of sp³-hybridized carbons (Fsp3) is 0.714. The number of anilines is 1. The summed E-state index contributed by atoms with van der Waals surface area (Å²) in [6.45, 7) is 1.51. The molecule has 0 spiro atoms. The SMILES string of the molecule is CN1CCCC1CC(=O)SCCNC(=O)CCNC(=O)[C@H](O)C(C)(C)COP(=O)(O)OP(=O)(O)OC[C@H]1O[C@@H](n2cnc3c(N)ncnc32)[C@H](O)[C@@H]1OP(=O)(O)O. The maximum absolute atomic E-state index is 12.7. The second-order valence-electron chi connectivity index (χ2n) is 13.8. The molecule has 0 bridgehead atoms. The number of hydrogen-bond acceptors (Lipinski definition) is 19. The van der Waals surface area contributed by atoms with Crippen LogP contribution in [0.5, 0.6) is 0 Å². The van der Waals surface area contributed by atoms with Crippen LogP contribution in [-0.2, 0) is 50.7 Å². The lowest BCUT2D eigenvalue weighted by Crippen LogP contribution is -2.46. The van der Waals surface area contributed by atoms with Gasteiger partial charge >= 0.3 is 23.5 Å². The van der Waals surface area contributed by atoms with Crippen molar-refractivity contribution in [1.82, 2.24) is 35.1 Å². The molecule has 57 heavy (non-hydrogen) atoms. The normalized spacial score (nSPS) is 24.5. The number of thioether (sulfide) groups is 1. The highest BCUT2D eigenvalue weighted by Gasteiger charge is 2.50. The van der Waals surface area contributed by atoms with Gasteiger partial charge in [-0.15, -0.1) is 0 Å². The van der Waals surface area contributed by atoms with Crippen molar-refractivity contribution >= 4 is 69.1 Å². The van der Waals surface area contributed by atoms with Crippen LogP contribution in [-0.4, -0.2) is 147 Å². The molecule has 4 rings (SSSR count). The predicted molar refractivity (Wildman–Crippen MR) is 197 cm³/mol. The van der Waals surface area contributed by atoms with Crippen LogP contribution in [0, 0.1) is 5.41 Å². The van der Waals surface area contributed by atoms with E-state index in [2.05, 4.69) is 39.3 Å². The summed E-state index contributed by atoms with van der Waals surface area (Å²) in [5.74, 6) is -1.05. The van der Waals surface area contributed by atoms with E-state index in [0.717, 1.165) is 48.4 Å². The molecule has 8 atom stereocenters. The molecule has 25 nitrogen and oxygen atoms in total. The summed E-state index contributed by atoms with van der Waals surface area (Å²) in [5, 5.41) is 26.5. The third-order valence-corrected chi connectivity index (χ3v) is 12.8. The van der Waals surface area contributed by atoms with Crippen LogP contribution in [0.3, 0.4) is 0 Å². The van der Waals surface area contributed by atoms with Crippen molar-refractivity contribution in [3.8, 4) is 0 Å². The number of carbonyl (C=O) groups is 3. The molecule has 0 radical (unpaired) electrons. The number of aliphatic hydroxyl groups is 2. The largest absolute Gasteiger partial charge is 0.481 e. The van der Waals surface area contributed by atoms with Crippen LogP contribution in [0.1, 0.15) is 45.8 Å². The summed E-state index contributed by atoms with van der Waals surface area (Å²) in [4.78, 5) is 90.1. The summed E-state index contributed by atoms with van der Waals surface area (Å²) in [6, 6.07) is 0.234. The molecule has 4 heterocycles. The number of ether oxygens (including phenoxy) is 1. The average Bonchev–Trinajstić information content (AvgIpc) is 3.81. The van der Waals surface area contributed by atoms with Gasteiger partial charge in [0.15, 0.2) is 22.8 Å². The monoisotopic (exact) mass is 892 g/mol. The maximum atomic E-state index is 12.7. The smallest absolute Gasteiger partial charge is 0.386 e. The van der Waals surface area contributed by atoms with Gasteiger partial charge in [-0.25, -0.2) is 28.6 Å². The van der Waals surface area contributed by atoms with Crippen molar-refractivity contribution in [2.24, 2.45) is 5.41 Å². The van der Waals surface area contributed by atoms with E-state index in [1.807, 2.05) is 7.05 Å². The Hall–Kier alpha value is -2.48. The molecular weight excluding hydrogens is 845 g/mol. The van der Waals surface area contributed by atoms with Crippen molar-refractivity contribution in [3.05, 3.63) is 12.7 Å². The highest BCUT2D eigenvalue weighted by molar-refractivity contribution is 8.13. The molecule has 29 heteroatoms. The van der Waals surface area contributed by atoms with Gasteiger partial charge in [-0.1, -0.05) is 25.6 Å². The molecule has 322 valence electrons. The lowest BCUT2D eigenvalue weighted by molar-refractivity contribution is -0.137. The number of carbonyl (C=O) groups excluding carboxylic acids is 3. The van der Waals surface area contributed by atoms with Gasteiger partial charge in [-0.2, -0.15) is 4.31 Å². The first-order chi connectivity index (χ1) is 26.5. The lowest BCUT2D eigenvalue weighted by atomic mass is 9.87. The first-order valence-corrected chi connectivity index (χ1v) is 22.7. The van der Waals surface area contributed by atoms with E-state index in [1.165, 1.54) is 13.8 Å². The van der Waals surface area contributed by atoms with Crippen LogP contribution in [0.15, 0.2) is 12.7 Å². The summed E-state index contributed by atoms with van der Waals surface area (Å²) < 4.78 is 62.2. The molecule has 10 N–H and O–H groups in total. The molecule has 3 unspecified atom stereocenters. The number of aliphatic hydroxyl groups excluding tert-OH is 2. The Morgan fingerprint density at radius 3 is 2.46 bits per heavy atom. The number of nitrogens with one attached hydrogen (secondary N) is 2. The number of likely N-dealkylation sites (tertiary alicyclic amines) is 1. The van der Waals surface area contributed by atoms with E-state index < -0.39 is 84.6 Å². The number of hydrogen-bond donors (Lipinski definition) is 9. The molecule has 2 aliphatic heterocycles. The zero-order valence-corrected chi connectivity index (χ0v) is 34.4. The minimum Gasteiger partial charge on any atom is -0.386 e. The average molecular weight is 893 g/mol. The van der Waals surface area contributed by atoms with Crippen molar-refractivity contribution in [1.29, 1.82) is 0 Å². The molecule has 2 aromatic heterocycles. The Labute approximate surface area is 329 Å². The first kappa shape index (κ1) is 47.2. The number of imidazole rings is 1. The summed E-state index contributed by atoms with van der Waals surface area (Å²) in [6.07, 6.45) is -4.41. The Morgan fingerprint density at radius 1 is 1.09 bits per heavy atom. The number of nitrogen functional groups attached to an aromatic ring is 1. The fourth-order valence-corrected chi connectivity index (χ4v) is 9.35. The van der Waals surface area contributed by atoms with Gasteiger partial charge in [0.2, 0.25) is 11.8 Å². The minimum absolute atomic E-state index is 0.0320. The van der Waals surface area contributed by atoms with Gasteiger partial charge in [-0.3, -0.25) is 32.5 Å². The van der Waals surface area contributed by atoms with E-state index in [1.54, 1.807) is 0 Å². The Balaban J connectivity index is 1.21. The van der Waals surface area contributed by atoms with Crippen LogP contribution in [0.25, 0.3) is 11.2 Å². The molecular formula is C28H47N8O17P3S. The van der Waals surface area contributed by atoms with E-state index in [4.69, 9.17) is 19.5 Å². The number of nitrogens with zero attached hydrogens (tertiary/aromatic N) is 5. The van der Waals surface area contributed by atoms with Crippen molar-refractivity contribution in [3.63, 3.8) is 0 Å². The summed E-state index contributed by atoms with van der Waals surface area (Å²) in [5.41, 5.74) is 4.27. The third-order valence-electron chi connectivity index (χ3n) is 8.84. The number of amides is 2. The number of aromatic nitrogens is 4. The lowest BCUT2D eigenvalue weighted by Gasteiger charge is -2.30. The van der Waals surface area contributed by atoms with Crippen LogP contribution in [0.2, 0.25) is 0 Å². The van der Waals surface area contributed by atoms with E-state index in [9.17, 15) is 57.9 Å². The molecule has 2 aromatic rings. The zero-order valence-electron chi connectivity index (χ0n) is 30.9. The number of phosphoric acid groups is 3. The van der Waals surface area contributed by atoms with Crippen molar-refractivity contribution < 1.29 is 80.5 Å². The number of phosphoric ester groups is 3. The standard InChI is InChI=1S/C28H47N8O17P3S/c1-28(2,23(40)26(41)31-7-6-18(37)30-8-10-57-19(38)11-16-5-4-9-35(16)3)13-50-56(47,48)53-55(45,46)49-12-17-22(52-54(42,43)44)21(39)27(51-17)36-15-34-20-24(29)32-14-33-25(20)36/h14-17,21-23,27,39-40H,4-13H2,1-3H3,(H,30,37)(H,31,41)(H,45,46)(H,47,48)(H2,29,32,33)(H2,42,43,44)/t16?,17-,21-,22-,23+,27-/m1/s1. The molecule has 2 saturated heterocycles. The number of rotatable bonds is 21. The minimum atomic E-state index is -5.57. The molecule has 2 amide bonds. The first-order valence-electron chi connectivity index (χ1n) is 17.2. The highest BCUT2D eigenvalue weighted by atomic mass is 32.2. The van der Waals surface area contributed by atoms with Gasteiger partial charge in [-0.05, 0) is 26.4 Å². The molecule has 2 fully saturated rings. The Kier molecular flexibility index (Phi) is 16.3. The van der Waals surface area contributed by atoms with Gasteiger partial charge in [0.1, 0.15) is 36.3 Å². The highest BCUT2D eigenvalue weighted by Crippen LogP contribution is 2.61. The van der Waals surface area contributed by atoms with Gasteiger partial charge in [0, 0.05) is 43.1 Å². The fourth-order valence-electron chi connectivity index (χ4n) is 5.78. The molecule has 2 aliphatic rings. The zero-order chi connectivity index (χ0) is 42.3. The topological polar surface area (TPSA) is 367 Å². The van der Waals surface area contributed by atoms with Gasteiger partial charge in [0.25, 0.3) is 0 Å². The quantitative estimate of drug-likeness (QED) is 0.0544. The molecule has 0 saturated carbocycles. The van der Waals surface area contributed by atoms with Gasteiger partial charge < -0.3 is 55.8 Å². The van der Waals surface area contributed by atoms with Crippen molar-refractivity contribution in [2.75, 3.05) is 51.4 Å². The Morgan fingerprint density at radius 2 is 1.79 bits per heavy atom. The second kappa shape index (κ2) is 19.7. The van der Waals surface area contributed by atoms with E-state index >= 15 is 0 Å². The van der Waals surface area contributed by atoms with Gasteiger partial charge in [0.05, 0.1) is 19.5 Å². The maximum Gasteiger partial charge on any atom is 0.481 e. The van der Waals surface area contributed by atoms with E-state index in [0.29, 0.717) is 12.2 Å². The van der Waals surface area contributed by atoms with Crippen molar-refractivity contribution in [2.45, 2.75) is 76.2 Å². The van der Waals surface area contributed by atoms with Crippen LogP contribution < -0.4 is 16.4 Å². The predicted octanol–water partition coefficient (Wildman–Crippen LogP) is -0.851. The van der Waals surface area contributed by atoms with Crippen LogP contribution >= 0.6 is 35.2 Å². The van der Waals surface area contributed by atoms with E-state index in [-0.39, 0.29) is 47.6 Å². The summed E-state index contributed by atoms with van der Waals surface area (Å²) >= 11 is 1.13. The molecule has 0 aromatic carbocycles. The Bertz CT molecular complexity index is 1890. The number of nitrogens with two attached hydrogens (primary N) is 1.